The van der Waals surface area contributed by atoms with E-state index in [1.54, 1.807) is 12.4 Å². The molecule has 0 bridgehead atoms. The van der Waals surface area contributed by atoms with Gasteiger partial charge >= 0.3 is 0 Å². The minimum atomic E-state index is 0.140. The summed E-state index contributed by atoms with van der Waals surface area (Å²) in [6.45, 7) is 4.43. The lowest BCUT2D eigenvalue weighted by atomic mass is 10.1. The maximum atomic E-state index is 9.27. The highest BCUT2D eigenvalue weighted by Crippen LogP contribution is 2.24. The zero-order chi connectivity index (χ0) is 17.2. The number of ether oxygens (including phenoxy) is 1. The summed E-state index contributed by atoms with van der Waals surface area (Å²) in [6.07, 6.45) is 7.14. The van der Waals surface area contributed by atoms with Gasteiger partial charge in [-0.05, 0) is 31.9 Å². The molecule has 0 aliphatic heterocycles. The van der Waals surface area contributed by atoms with Gasteiger partial charge in [0.15, 0.2) is 11.6 Å². The van der Waals surface area contributed by atoms with Crippen molar-refractivity contribution >= 4 is 5.82 Å². The standard InChI is InChI=1S/C17H25N5O2/c1-3-4-6-14(8-10-23)21-17-16(11-18-13(2)20-17)24-12-15-7-5-9-19-22-15/h5,7,9,11,14,23H,3-4,6,8,10,12H2,1-2H3,(H,18,20,21). The number of aliphatic hydroxyl groups is 1. The molecule has 1 unspecified atom stereocenters. The first-order valence-corrected chi connectivity index (χ1v) is 8.33. The minimum Gasteiger partial charge on any atom is -0.482 e. The molecule has 0 saturated carbocycles. The Morgan fingerprint density at radius 3 is 2.92 bits per heavy atom. The second kappa shape index (κ2) is 9.77. The highest BCUT2D eigenvalue weighted by molar-refractivity contribution is 5.49. The molecular weight excluding hydrogens is 306 g/mol. The second-order valence-corrected chi connectivity index (χ2v) is 5.63. The number of nitrogens with zero attached hydrogens (tertiary/aromatic N) is 4. The molecule has 0 amide bonds. The van der Waals surface area contributed by atoms with E-state index in [9.17, 15) is 5.11 Å². The fourth-order valence-corrected chi connectivity index (χ4v) is 2.32. The lowest BCUT2D eigenvalue weighted by Gasteiger charge is -2.20. The van der Waals surface area contributed by atoms with Crippen LogP contribution in [-0.2, 0) is 6.61 Å². The molecule has 130 valence electrons. The monoisotopic (exact) mass is 331 g/mol. The first-order valence-electron chi connectivity index (χ1n) is 8.33. The smallest absolute Gasteiger partial charge is 0.180 e. The molecule has 0 radical (unpaired) electrons. The van der Waals surface area contributed by atoms with Crippen molar-refractivity contribution in [2.45, 2.75) is 52.2 Å². The number of aromatic nitrogens is 4. The van der Waals surface area contributed by atoms with Gasteiger partial charge in [-0.15, -0.1) is 0 Å². The van der Waals surface area contributed by atoms with Crippen LogP contribution >= 0.6 is 0 Å². The van der Waals surface area contributed by atoms with E-state index in [1.807, 2.05) is 19.1 Å². The van der Waals surface area contributed by atoms with E-state index in [2.05, 4.69) is 32.4 Å². The number of unbranched alkanes of at least 4 members (excludes halogenated alkanes) is 1. The Kier molecular flexibility index (Phi) is 7.35. The topological polar surface area (TPSA) is 93.0 Å². The number of anilines is 1. The zero-order valence-electron chi connectivity index (χ0n) is 14.3. The average Bonchev–Trinajstić information content (AvgIpc) is 2.60. The summed E-state index contributed by atoms with van der Waals surface area (Å²) in [7, 11) is 0. The molecule has 0 spiro atoms. The van der Waals surface area contributed by atoms with Crippen LogP contribution in [0.1, 0.15) is 44.1 Å². The third-order valence-electron chi connectivity index (χ3n) is 3.60. The van der Waals surface area contributed by atoms with Crippen molar-refractivity contribution in [1.82, 2.24) is 20.2 Å². The minimum absolute atomic E-state index is 0.140. The van der Waals surface area contributed by atoms with Gasteiger partial charge in [-0.25, -0.2) is 9.97 Å². The van der Waals surface area contributed by atoms with Gasteiger partial charge < -0.3 is 15.2 Å². The van der Waals surface area contributed by atoms with Crippen LogP contribution in [0.25, 0.3) is 0 Å². The first-order chi connectivity index (χ1) is 11.7. The molecule has 24 heavy (non-hydrogen) atoms. The maximum Gasteiger partial charge on any atom is 0.180 e. The third kappa shape index (κ3) is 5.73. The van der Waals surface area contributed by atoms with Gasteiger partial charge in [0, 0.05) is 18.8 Å². The average molecular weight is 331 g/mol. The predicted molar refractivity (Wildman–Crippen MR) is 91.8 cm³/mol. The van der Waals surface area contributed by atoms with Crippen molar-refractivity contribution < 1.29 is 9.84 Å². The molecule has 2 heterocycles. The van der Waals surface area contributed by atoms with Crippen LogP contribution in [0.4, 0.5) is 5.82 Å². The normalized spacial score (nSPS) is 12.0. The molecule has 7 heteroatoms. The van der Waals surface area contributed by atoms with Crippen molar-refractivity contribution in [2.75, 3.05) is 11.9 Å². The molecule has 1 atom stereocenters. The number of hydrogen-bond acceptors (Lipinski definition) is 7. The van der Waals surface area contributed by atoms with Crippen LogP contribution in [0, 0.1) is 6.92 Å². The summed E-state index contributed by atoms with van der Waals surface area (Å²) in [5, 5.41) is 20.5. The van der Waals surface area contributed by atoms with E-state index in [1.165, 1.54) is 0 Å². The molecule has 0 aromatic carbocycles. The zero-order valence-corrected chi connectivity index (χ0v) is 14.3. The molecule has 2 rings (SSSR count). The fraction of sp³-hybridized carbons (Fsp3) is 0.529. The molecule has 0 saturated heterocycles. The number of aryl methyl sites for hydroxylation is 1. The quantitative estimate of drug-likeness (QED) is 0.691. The maximum absolute atomic E-state index is 9.27. The van der Waals surface area contributed by atoms with Gasteiger partial charge in [0.05, 0.1) is 6.20 Å². The summed E-state index contributed by atoms with van der Waals surface area (Å²) in [6, 6.07) is 3.83. The van der Waals surface area contributed by atoms with Gasteiger partial charge in [0.2, 0.25) is 0 Å². The fourth-order valence-electron chi connectivity index (χ4n) is 2.32. The van der Waals surface area contributed by atoms with E-state index in [0.717, 1.165) is 25.0 Å². The molecule has 2 aromatic rings. The van der Waals surface area contributed by atoms with E-state index >= 15 is 0 Å². The molecule has 2 aromatic heterocycles. The molecule has 0 fully saturated rings. The Bertz CT molecular complexity index is 609. The van der Waals surface area contributed by atoms with Crippen molar-refractivity contribution in [3.63, 3.8) is 0 Å². The molecule has 0 aliphatic rings. The van der Waals surface area contributed by atoms with Crippen molar-refractivity contribution in [3.8, 4) is 5.75 Å². The summed E-state index contributed by atoms with van der Waals surface area (Å²) >= 11 is 0. The Morgan fingerprint density at radius 2 is 2.21 bits per heavy atom. The predicted octanol–water partition coefficient (Wildman–Crippen LogP) is 2.51. The Balaban J connectivity index is 2.08. The van der Waals surface area contributed by atoms with Crippen molar-refractivity contribution in [1.29, 1.82) is 0 Å². The van der Waals surface area contributed by atoms with Crippen molar-refractivity contribution in [3.05, 3.63) is 36.0 Å². The van der Waals surface area contributed by atoms with E-state index in [4.69, 9.17) is 4.74 Å². The molecule has 2 N–H and O–H groups in total. The third-order valence-corrected chi connectivity index (χ3v) is 3.60. The van der Waals surface area contributed by atoms with Crippen LogP contribution in [0.2, 0.25) is 0 Å². The van der Waals surface area contributed by atoms with Crippen LogP contribution in [0.15, 0.2) is 24.5 Å². The van der Waals surface area contributed by atoms with Gasteiger partial charge in [-0.2, -0.15) is 10.2 Å². The summed E-state index contributed by atoms with van der Waals surface area (Å²) in [5.74, 6) is 1.90. The van der Waals surface area contributed by atoms with Crippen LogP contribution < -0.4 is 10.1 Å². The number of hydrogen-bond donors (Lipinski definition) is 2. The van der Waals surface area contributed by atoms with E-state index < -0.39 is 0 Å². The van der Waals surface area contributed by atoms with E-state index in [0.29, 0.717) is 30.4 Å². The van der Waals surface area contributed by atoms with Crippen LogP contribution in [-0.4, -0.2) is 37.9 Å². The lowest BCUT2D eigenvalue weighted by Crippen LogP contribution is -2.22. The highest BCUT2D eigenvalue weighted by Gasteiger charge is 2.13. The first kappa shape index (κ1) is 18.1. The number of rotatable bonds is 10. The molecular formula is C17H25N5O2. The Morgan fingerprint density at radius 1 is 1.33 bits per heavy atom. The van der Waals surface area contributed by atoms with Crippen LogP contribution in [0.3, 0.4) is 0 Å². The Hall–Kier alpha value is -2.28. The van der Waals surface area contributed by atoms with Gasteiger partial charge in [0.1, 0.15) is 18.1 Å². The summed E-state index contributed by atoms with van der Waals surface area (Å²) < 4.78 is 5.81. The molecule has 0 aliphatic carbocycles. The van der Waals surface area contributed by atoms with Gasteiger partial charge in [-0.1, -0.05) is 19.8 Å². The molecule has 7 nitrogen and oxygen atoms in total. The lowest BCUT2D eigenvalue weighted by molar-refractivity contribution is 0.274. The van der Waals surface area contributed by atoms with Gasteiger partial charge in [0.25, 0.3) is 0 Å². The van der Waals surface area contributed by atoms with Crippen molar-refractivity contribution in [2.24, 2.45) is 0 Å². The SMILES string of the molecule is CCCCC(CCO)Nc1nc(C)ncc1OCc1cccnn1. The number of nitrogens with one attached hydrogen (secondary N) is 1. The van der Waals surface area contributed by atoms with E-state index in [-0.39, 0.29) is 12.6 Å². The summed E-state index contributed by atoms with van der Waals surface area (Å²) in [5.41, 5.74) is 0.738. The highest BCUT2D eigenvalue weighted by atomic mass is 16.5. The van der Waals surface area contributed by atoms with Gasteiger partial charge in [-0.3, -0.25) is 0 Å². The Labute approximate surface area is 142 Å². The second-order valence-electron chi connectivity index (χ2n) is 5.63. The number of aliphatic hydroxyl groups excluding tert-OH is 1. The largest absolute Gasteiger partial charge is 0.482 e. The summed E-state index contributed by atoms with van der Waals surface area (Å²) in [4.78, 5) is 8.66. The van der Waals surface area contributed by atoms with Crippen LogP contribution in [0.5, 0.6) is 5.75 Å².